The van der Waals surface area contributed by atoms with Gasteiger partial charge in [0.15, 0.2) is 0 Å². The van der Waals surface area contributed by atoms with Crippen LogP contribution >= 0.6 is 11.6 Å². The van der Waals surface area contributed by atoms with Gasteiger partial charge in [0.1, 0.15) is 11.4 Å². The van der Waals surface area contributed by atoms with Gasteiger partial charge in [-0.05, 0) is 60.9 Å². The van der Waals surface area contributed by atoms with Gasteiger partial charge in [-0.2, -0.15) is 0 Å². The maximum absolute atomic E-state index is 12.7. The molecule has 0 radical (unpaired) electrons. The summed E-state index contributed by atoms with van der Waals surface area (Å²) in [6, 6.07) is 13.5. The van der Waals surface area contributed by atoms with Crippen LogP contribution in [-0.4, -0.2) is 31.2 Å². The Morgan fingerprint density at radius 3 is 2.70 bits per heavy atom. The van der Waals surface area contributed by atoms with Gasteiger partial charge in [-0.15, -0.1) is 5.12 Å². The lowest BCUT2D eigenvalue weighted by Crippen LogP contribution is -2.58. The van der Waals surface area contributed by atoms with Crippen LogP contribution in [0.2, 0.25) is 5.02 Å². The van der Waals surface area contributed by atoms with Gasteiger partial charge in [-0.25, -0.2) is 0 Å². The number of fused-ring (bicyclic) bond motifs is 1. The van der Waals surface area contributed by atoms with Gasteiger partial charge >= 0.3 is 0 Å². The Kier molecular flexibility index (Phi) is 4.68. The molecule has 0 aromatic heterocycles. The molecule has 0 aliphatic carbocycles. The maximum atomic E-state index is 12.7. The van der Waals surface area contributed by atoms with E-state index >= 15 is 0 Å². The molecule has 27 heavy (non-hydrogen) atoms. The summed E-state index contributed by atoms with van der Waals surface area (Å²) in [6.07, 6.45) is 0.721. The number of benzene rings is 2. The molecule has 0 fully saturated rings. The number of anilines is 2. The van der Waals surface area contributed by atoms with Crippen molar-refractivity contribution in [1.82, 2.24) is 10.5 Å². The van der Waals surface area contributed by atoms with Gasteiger partial charge in [-0.1, -0.05) is 17.7 Å². The minimum atomic E-state index is -0.145. The molecule has 2 N–H and O–H groups in total. The first-order chi connectivity index (χ1) is 13.1. The second kappa shape index (κ2) is 7.13. The standard InChI is InChI=1S/C20H21ClN4O2/c1-3-24(16-6-8-17(27-2)9-7-16)25-12-14-10-13-4-5-15(21)11-18(13)22-19(14)20(26)23-25/h4-9,11,22H,3,10,12H2,1-2H3,(H,23,26). The Labute approximate surface area is 163 Å². The zero-order chi connectivity index (χ0) is 19.0. The van der Waals surface area contributed by atoms with E-state index in [9.17, 15) is 4.79 Å². The number of ether oxygens (including phenoxy) is 1. The topological polar surface area (TPSA) is 56.8 Å². The van der Waals surface area contributed by atoms with E-state index < -0.39 is 0 Å². The van der Waals surface area contributed by atoms with Crippen LogP contribution in [0, 0.1) is 0 Å². The molecule has 140 valence electrons. The second-order valence-electron chi connectivity index (χ2n) is 6.49. The first-order valence-electron chi connectivity index (χ1n) is 8.86. The zero-order valence-corrected chi connectivity index (χ0v) is 16.0. The summed E-state index contributed by atoms with van der Waals surface area (Å²) in [5.74, 6) is 0.656. The Morgan fingerprint density at radius 1 is 1.22 bits per heavy atom. The summed E-state index contributed by atoms with van der Waals surface area (Å²) in [7, 11) is 1.65. The fourth-order valence-corrected chi connectivity index (χ4v) is 3.67. The molecule has 7 heteroatoms. The average Bonchev–Trinajstić information content (AvgIpc) is 2.68. The van der Waals surface area contributed by atoms with Crippen molar-refractivity contribution in [3.05, 3.63) is 64.3 Å². The third-order valence-corrected chi connectivity index (χ3v) is 5.08. The Morgan fingerprint density at radius 2 is 2.00 bits per heavy atom. The van der Waals surface area contributed by atoms with Gasteiger partial charge in [0.2, 0.25) is 0 Å². The molecular weight excluding hydrogens is 364 g/mol. The number of nitrogens with zero attached hydrogens (tertiary/aromatic N) is 2. The van der Waals surface area contributed by atoms with Crippen molar-refractivity contribution in [2.24, 2.45) is 0 Å². The number of hydrazine groups is 2. The predicted octanol–water partition coefficient (Wildman–Crippen LogP) is 3.36. The molecule has 0 unspecified atom stereocenters. The molecule has 6 nitrogen and oxygen atoms in total. The number of methoxy groups -OCH3 is 1. The van der Waals surface area contributed by atoms with Crippen LogP contribution in [0.15, 0.2) is 53.7 Å². The quantitative estimate of drug-likeness (QED) is 0.846. The third kappa shape index (κ3) is 3.34. The van der Waals surface area contributed by atoms with Crippen LogP contribution in [0.1, 0.15) is 12.5 Å². The molecule has 2 aliphatic rings. The maximum Gasteiger partial charge on any atom is 0.283 e. The van der Waals surface area contributed by atoms with Gasteiger partial charge in [0.25, 0.3) is 5.91 Å². The van der Waals surface area contributed by atoms with E-state index in [0.29, 0.717) is 17.3 Å². The van der Waals surface area contributed by atoms with Crippen molar-refractivity contribution < 1.29 is 9.53 Å². The number of rotatable bonds is 4. The summed E-state index contributed by atoms with van der Waals surface area (Å²) in [6.45, 7) is 3.38. The van der Waals surface area contributed by atoms with Gasteiger partial charge in [-0.3, -0.25) is 15.2 Å². The molecule has 1 amide bonds. The highest BCUT2D eigenvalue weighted by atomic mass is 35.5. The lowest BCUT2D eigenvalue weighted by molar-refractivity contribution is -0.123. The summed E-state index contributed by atoms with van der Waals surface area (Å²) >= 11 is 6.08. The fraction of sp³-hybridized carbons (Fsp3) is 0.250. The monoisotopic (exact) mass is 384 g/mol. The van der Waals surface area contributed by atoms with Crippen molar-refractivity contribution in [3.63, 3.8) is 0 Å². The van der Waals surface area contributed by atoms with Crippen LogP contribution in [-0.2, 0) is 11.2 Å². The fourth-order valence-electron chi connectivity index (χ4n) is 3.50. The highest BCUT2D eigenvalue weighted by molar-refractivity contribution is 6.31. The number of hydrogen-bond acceptors (Lipinski definition) is 5. The minimum Gasteiger partial charge on any atom is -0.497 e. The number of amides is 1. The molecule has 0 spiro atoms. The van der Waals surface area contributed by atoms with Crippen molar-refractivity contribution in [1.29, 1.82) is 0 Å². The second-order valence-corrected chi connectivity index (χ2v) is 6.93. The van der Waals surface area contributed by atoms with E-state index in [4.69, 9.17) is 16.3 Å². The van der Waals surface area contributed by atoms with Crippen molar-refractivity contribution >= 4 is 28.9 Å². The summed E-state index contributed by atoms with van der Waals surface area (Å²) in [5, 5.41) is 7.80. The minimum absolute atomic E-state index is 0.145. The van der Waals surface area contributed by atoms with E-state index in [-0.39, 0.29) is 5.91 Å². The van der Waals surface area contributed by atoms with E-state index in [0.717, 1.165) is 41.2 Å². The van der Waals surface area contributed by atoms with E-state index in [2.05, 4.69) is 17.7 Å². The predicted molar refractivity (Wildman–Crippen MR) is 107 cm³/mol. The molecule has 2 aromatic carbocycles. The van der Waals surface area contributed by atoms with Gasteiger partial charge < -0.3 is 10.1 Å². The Balaban J connectivity index is 1.59. The van der Waals surface area contributed by atoms with Crippen LogP contribution < -0.4 is 20.5 Å². The third-order valence-electron chi connectivity index (χ3n) is 4.85. The highest BCUT2D eigenvalue weighted by Gasteiger charge is 2.32. The van der Waals surface area contributed by atoms with Crippen molar-refractivity contribution in [2.75, 3.05) is 30.5 Å². The number of hydrogen-bond donors (Lipinski definition) is 2. The van der Waals surface area contributed by atoms with E-state index in [1.54, 1.807) is 7.11 Å². The van der Waals surface area contributed by atoms with Crippen LogP contribution in [0.5, 0.6) is 5.75 Å². The highest BCUT2D eigenvalue weighted by Crippen LogP contribution is 2.32. The molecule has 0 atom stereocenters. The van der Waals surface area contributed by atoms with Gasteiger partial charge in [0, 0.05) is 17.3 Å². The molecular formula is C20H21ClN4O2. The Bertz CT molecular complexity index is 911. The lowest BCUT2D eigenvalue weighted by Gasteiger charge is -2.40. The molecule has 2 aromatic rings. The van der Waals surface area contributed by atoms with Crippen molar-refractivity contribution in [3.8, 4) is 5.75 Å². The van der Waals surface area contributed by atoms with Gasteiger partial charge in [0.05, 0.1) is 19.3 Å². The summed E-state index contributed by atoms with van der Waals surface area (Å²) in [4.78, 5) is 12.7. The zero-order valence-electron chi connectivity index (χ0n) is 15.3. The largest absolute Gasteiger partial charge is 0.497 e. The van der Waals surface area contributed by atoms with Crippen LogP contribution in [0.25, 0.3) is 0 Å². The molecule has 0 bridgehead atoms. The molecule has 2 heterocycles. The van der Waals surface area contributed by atoms with Crippen LogP contribution in [0.4, 0.5) is 11.4 Å². The lowest BCUT2D eigenvalue weighted by atomic mass is 9.96. The number of nitrogens with one attached hydrogen (secondary N) is 2. The van der Waals surface area contributed by atoms with E-state index in [1.165, 1.54) is 0 Å². The SMILES string of the molecule is CCN(c1ccc(OC)cc1)N1CC2=C(Nc3cc(Cl)ccc3C2)C(=O)N1. The molecule has 0 saturated carbocycles. The molecule has 4 rings (SSSR count). The summed E-state index contributed by atoms with van der Waals surface area (Å²) < 4.78 is 5.23. The van der Waals surface area contributed by atoms with Crippen LogP contribution in [0.3, 0.4) is 0 Å². The normalized spacial score (nSPS) is 16.2. The first-order valence-corrected chi connectivity index (χ1v) is 9.24. The smallest absolute Gasteiger partial charge is 0.283 e. The van der Waals surface area contributed by atoms with Crippen molar-refractivity contribution in [2.45, 2.75) is 13.3 Å². The Hall–Kier alpha value is -2.70. The number of carbonyl (C=O) groups is 1. The van der Waals surface area contributed by atoms with E-state index in [1.807, 2.05) is 52.6 Å². The summed E-state index contributed by atoms with van der Waals surface area (Å²) in [5.41, 5.74) is 7.67. The number of carbonyl (C=O) groups excluding carboxylic acids is 1. The first kappa shape index (κ1) is 17.7. The average molecular weight is 385 g/mol. The molecule has 2 aliphatic heterocycles. The molecule has 0 saturated heterocycles. The number of halogens is 1.